The van der Waals surface area contributed by atoms with E-state index in [4.69, 9.17) is 14.6 Å². The van der Waals surface area contributed by atoms with Crippen LogP contribution in [0.15, 0.2) is 18.2 Å². The maximum atomic E-state index is 11.0. The second kappa shape index (κ2) is 8.52. The number of carboxylic acid groups (broad SMARTS) is 1. The lowest BCUT2D eigenvalue weighted by Gasteiger charge is -2.23. The number of ether oxygens (including phenoxy) is 2. The Hall–Kier alpha value is -1.75. The van der Waals surface area contributed by atoms with Gasteiger partial charge < -0.3 is 14.6 Å². The van der Waals surface area contributed by atoms with Gasteiger partial charge in [-0.15, -0.1) is 0 Å². The Bertz CT molecular complexity index is 460. The minimum atomic E-state index is -0.822. The van der Waals surface area contributed by atoms with Crippen molar-refractivity contribution in [2.45, 2.75) is 39.8 Å². The van der Waals surface area contributed by atoms with Gasteiger partial charge in [-0.1, -0.05) is 19.1 Å². The van der Waals surface area contributed by atoms with Crippen LogP contribution in [0.25, 0.3) is 0 Å². The van der Waals surface area contributed by atoms with E-state index in [0.29, 0.717) is 18.0 Å². The molecule has 1 aromatic carbocycles. The Labute approximate surface area is 126 Å². The molecule has 0 aliphatic carbocycles. The van der Waals surface area contributed by atoms with Crippen LogP contribution in [0.2, 0.25) is 0 Å². The molecule has 5 nitrogen and oxygen atoms in total. The first-order valence-electron chi connectivity index (χ1n) is 7.24. The van der Waals surface area contributed by atoms with Gasteiger partial charge in [-0.3, -0.25) is 9.69 Å². The SMILES string of the molecule is CCCN(CC(=O)O)Cc1cccc(OC)c1OC(C)C. The summed E-state index contributed by atoms with van der Waals surface area (Å²) in [7, 11) is 1.60. The van der Waals surface area contributed by atoms with Crippen LogP contribution in [0.3, 0.4) is 0 Å². The molecule has 1 N–H and O–H groups in total. The van der Waals surface area contributed by atoms with Crippen LogP contribution >= 0.6 is 0 Å². The van der Waals surface area contributed by atoms with Gasteiger partial charge >= 0.3 is 5.97 Å². The van der Waals surface area contributed by atoms with E-state index in [2.05, 4.69) is 0 Å². The van der Waals surface area contributed by atoms with Gasteiger partial charge in [0.2, 0.25) is 0 Å². The van der Waals surface area contributed by atoms with Crippen molar-refractivity contribution in [3.8, 4) is 11.5 Å². The van der Waals surface area contributed by atoms with Gasteiger partial charge in [-0.2, -0.15) is 0 Å². The first-order chi connectivity index (χ1) is 9.97. The largest absolute Gasteiger partial charge is 0.493 e. The highest BCUT2D eigenvalue weighted by molar-refractivity contribution is 5.69. The molecule has 0 spiro atoms. The van der Waals surface area contributed by atoms with Crippen LogP contribution in [-0.4, -0.2) is 42.3 Å². The molecular weight excluding hydrogens is 270 g/mol. The minimum Gasteiger partial charge on any atom is -0.493 e. The van der Waals surface area contributed by atoms with Crippen molar-refractivity contribution in [1.82, 2.24) is 4.90 Å². The number of carboxylic acids is 1. The summed E-state index contributed by atoms with van der Waals surface area (Å²) in [6, 6.07) is 5.69. The molecule has 0 bridgehead atoms. The molecular formula is C16H25NO4. The molecule has 0 heterocycles. The quantitative estimate of drug-likeness (QED) is 0.759. The van der Waals surface area contributed by atoms with Crippen molar-refractivity contribution >= 4 is 5.97 Å². The van der Waals surface area contributed by atoms with E-state index < -0.39 is 5.97 Å². The molecule has 0 saturated carbocycles. The average Bonchev–Trinajstić information content (AvgIpc) is 2.39. The molecule has 0 aromatic heterocycles. The van der Waals surface area contributed by atoms with Gasteiger partial charge in [0.05, 0.1) is 19.8 Å². The van der Waals surface area contributed by atoms with Crippen LogP contribution < -0.4 is 9.47 Å². The lowest BCUT2D eigenvalue weighted by atomic mass is 10.1. The van der Waals surface area contributed by atoms with Gasteiger partial charge in [0.25, 0.3) is 0 Å². The lowest BCUT2D eigenvalue weighted by Crippen LogP contribution is -2.30. The fourth-order valence-corrected chi connectivity index (χ4v) is 2.18. The average molecular weight is 295 g/mol. The number of hydrogen-bond acceptors (Lipinski definition) is 4. The third-order valence-corrected chi connectivity index (χ3v) is 2.93. The molecule has 0 aliphatic heterocycles. The fraction of sp³-hybridized carbons (Fsp3) is 0.562. The number of aliphatic carboxylic acids is 1. The zero-order valence-electron chi connectivity index (χ0n) is 13.3. The lowest BCUT2D eigenvalue weighted by molar-refractivity contribution is -0.138. The van der Waals surface area contributed by atoms with Gasteiger partial charge in [-0.05, 0) is 32.9 Å². The molecule has 1 rings (SSSR count). The Balaban J connectivity index is 3.00. The molecule has 5 heteroatoms. The molecule has 1 aromatic rings. The number of para-hydroxylation sites is 1. The molecule has 0 fully saturated rings. The first-order valence-corrected chi connectivity index (χ1v) is 7.24. The molecule has 21 heavy (non-hydrogen) atoms. The monoisotopic (exact) mass is 295 g/mol. The number of carbonyl (C=O) groups is 1. The second-order valence-corrected chi connectivity index (χ2v) is 5.22. The summed E-state index contributed by atoms with van der Waals surface area (Å²) in [5.74, 6) is 0.548. The van der Waals surface area contributed by atoms with E-state index in [9.17, 15) is 4.79 Å². The molecule has 0 aliphatic rings. The van der Waals surface area contributed by atoms with E-state index in [1.54, 1.807) is 7.11 Å². The van der Waals surface area contributed by atoms with Crippen molar-refractivity contribution < 1.29 is 19.4 Å². The predicted molar refractivity (Wildman–Crippen MR) is 82.0 cm³/mol. The maximum absolute atomic E-state index is 11.0. The smallest absolute Gasteiger partial charge is 0.317 e. The van der Waals surface area contributed by atoms with Gasteiger partial charge in [0.1, 0.15) is 0 Å². The fourth-order valence-electron chi connectivity index (χ4n) is 2.18. The van der Waals surface area contributed by atoms with Crippen molar-refractivity contribution in [2.75, 3.05) is 20.2 Å². The van der Waals surface area contributed by atoms with Crippen LogP contribution in [0.4, 0.5) is 0 Å². The van der Waals surface area contributed by atoms with Gasteiger partial charge in [0, 0.05) is 12.1 Å². The maximum Gasteiger partial charge on any atom is 0.317 e. The highest BCUT2D eigenvalue weighted by atomic mass is 16.5. The molecule has 0 amide bonds. The number of rotatable bonds is 9. The summed E-state index contributed by atoms with van der Waals surface area (Å²) in [6.07, 6.45) is 0.927. The summed E-state index contributed by atoms with van der Waals surface area (Å²) >= 11 is 0. The third kappa shape index (κ3) is 5.63. The number of benzene rings is 1. The minimum absolute atomic E-state index is 0.0200. The van der Waals surface area contributed by atoms with Crippen LogP contribution in [0.5, 0.6) is 11.5 Å². The number of hydrogen-bond donors (Lipinski definition) is 1. The predicted octanol–water partition coefficient (Wildman–Crippen LogP) is 2.78. The third-order valence-electron chi connectivity index (χ3n) is 2.93. The number of nitrogens with zero attached hydrogens (tertiary/aromatic N) is 1. The first kappa shape index (κ1) is 17.3. The molecule has 0 saturated heterocycles. The summed E-state index contributed by atoms with van der Waals surface area (Å²) < 4.78 is 11.2. The molecule has 118 valence electrons. The molecule has 0 radical (unpaired) electrons. The van der Waals surface area contributed by atoms with Crippen LogP contribution in [-0.2, 0) is 11.3 Å². The van der Waals surface area contributed by atoms with Crippen molar-refractivity contribution in [3.05, 3.63) is 23.8 Å². The highest BCUT2D eigenvalue weighted by Crippen LogP contribution is 2.32. The summed E-state index contributed by atoms with van der Waals surface area (Å²) in [4.78, 5) is 12.9. The van der Waals surface area contributed by atoms with E-state index in [1.165, 1.54) is 0 Å². The van der Waals surface area contributed by atoms with Crippen molar-refractivity contribution in [1.29, 1.82) is 0 Å². The topological polar surface area (TPSA) is 59.0 Å². The Kier molecular flexibility index (Phi) is 7.02. The van der Waals surface area contributed by atoms with Gasteiger partial charge in [0.15, 0.2) is 11.5 Å². The Morgan fingerprint density at radius 2 is 2.10 bits per heavy atom. The van der Waals surface area contributed by atoms with E-state index in [1.807, 2.05) is 43.9 Å². The second-order valence-electron chi connectivity index (χ2n) is 5.22. The van der Waals surface area contributed by atoms with Crippen molar-refractivity contribution in [3.63, 3.8) is 0 Å². The number of methoxy groups -OCH3 is 1. The van der Waals surface area contributed by atoms with Crippen molar-refractivity contribution in [2.24, 2.45) is 0 Å². The summed E-state index contributed by atoms with van der Waals surface area (Å²) in [5.41, 5.74) is 0.942. The van der Waals surface area contributed by atoms with Gasteiger partial charge in [-0.25, -0.2) is 0 Å². The van der Waals surface area contributed by atoms with Crippen LogP contribution in [0.1, 0.15) is 32.8 Å². The Morgan fingerprint density at radius 3 is 2.62 bits per heavy atom. The summed E-state index contributed by atoms with van der Waals surface area (Å²) in [6.45, 7) is 7.22. The molecule has 0 atom stereocenters. The van der Waals surface area contributed by atoms with E-state index >= 15 is 0 Å². The standard InChI is InChI=1S/C16H25NO4/c1-5-9-17(11-15(18)19)10-13-7-6-8-14(20-4)16(13)21-12(2)3/h6-8,12H,5,9-11H2,1-4H3,(H,18,19). The zero-order chi connectivity index (χ0) is 15.8. The zero-order valence-corrected chi connectivity index (χ0v) is 13.3. The summed E-state index contributed by atoms with van der Waals surface area (Å²) in [5, 5.41) is 9.01. The Morgan fingerprint density at radius 1 is 1.38 bits per heavy atom. The normalized spacial score (nSPS) is 11.0. The van der Waals surface area contributed by atoms with E-state index in [0.717, 1.165) is 18.5 Å². The highest BCUT2D eigenvalue weighted by Gasteiger charge is 2.16. The van der Waals surface area contributed by atoms with E-state index in [-0.39, 0.29) is 12.6 Å². The molecule has 0 unspecified atom stereocenters. The van der Waals surface area contributed by atoms with Crippen LogP contribution in [0, 0.1) is 0 Å².